The van der Waals surface area contributed by atoms with Crippen LogP contribution in [0.5, 0.6) is 0 Å². The zero-order valence-corrected chi connectivity index (χ0v) is 30.2. The molecule has 0 saturated heterocycles. The molecular formula is C40H26N4Pt2S. The van der Waals surface area contributed by atoms with Crippen LogP contribution >= 0.6 is 11.3 Å². The van der Waals surface area contributed by atoms with Crippen LogP contribution in [0.15, 0.2) is 157 Å². The van der Waals surface area contributed by atoms with Gasteiger partial charge in [0.2, 0.25) is 0 Å². The molecule has 8 aromatic rings. The van der Waals surface area contributed by atoms with Gasteiger partial charge in [0.1, 0.15) is 0 Å². The maximum Gasteiger partial charge on any atom is 2.00 e. The molecule has 0 fully saturated rings. The average Bonchev–Trinajstić information content (AvgIpc) is 3.63. The molecule has 0 N–H and O–H groups in total. The Morgan fingerprint density at radius 3 is 1.57 bits per heavy atom. The SMILES string of the molecule is [Pt+2].[Pt+2].[c-]1c(-c2ccccn2)cccc1-c1ccccn1.[c-]1cccc2sc[c-]c12.[c-]1ccccc1-c1cccc(-c2ccccn2)n1. The van der Waals surface area contributed by atoms with Gasteiger partial charge in [-0.15, -0.1) is 65.5 Å². The predicted molar refractivity (Wildman–Crippen MR) is 183 cm³/mol. The molecule has 7 heteroatoms. The van der Waals surface area contributed by atoms with Gasteiger partial charge in [0, 0.05) is 30.0 Å². The molecule has 0 amide bonds. The summed E-state index contributed by atoms with van der Waals surface area (Å²) in [6.07, 6.45) is 5.35. The fraction of sp³-hybridized carbons (Fsp3) is 0. The van der Waals surface area contributed by atoms with Crippen molar-refractivity contribution in [1.82, 2.24) is 19.9 Å². The quantitative estimate of drug-likeness (QED) is 0.165. The van der Waals surface area contributed by atoms with Crippen molar-refractivity contribution in [3.63, 3.8) is 0 Å². The Kier molecular flexibility index (Phi) is 14.1. The van der Waals surface area contributed by atoms with Crippen molar-refractivity contribution in [1.29, 1.82) is 0 Å². The molecule has 0 radical (unpaired) electrons. The Balaban J connectivity index is 0.000000164. The van der Waals surface area contributed by atoms with Gasteiger partial charge in [-0.1, -0.05) is 53.6 Å². The van der Waals surface area contributed by atoms with Gasteiger partial charge < -0.3 is 0 Å². The summed E-state index contributed by atoms with van der Waals surface area (Å²) < 4.78 is 1.26. The summed E-state index contributed by atoms with van der Waals surface area (Å²) in [5.41, 5.74) is 7.50. The van der Waals surface area contributed by atoms with E-state index in [1.165, 1.54) is 4.70 Å². The van der Waals surface area contributed by atoms with Gasteiger partial charge in [-0.05, 0) is 36.0 Å². The Morgan fingerprint density at radius 1 is 0.426 bits per heavy atom. The largest absolute Gasteiger partial charge is 2.00 e. The van der Waals surface area contributed by atoms with Crippen LogP contribution in [-0.4, -0.2) is 19.9 Å². The van der Waals surface area contributed by atoms with Crippen LogP contribution in [0.25, 0.3) is 55.2 Å². The van der Waals surface area contributed by atoms with Crippen LogP contribution in [0.2, 0.25) is 0 Å². The minimum atomic E-state index is 0. The van der Waals surface area contributed by atoms with Gasteiger partial charge in [-0.3, -0.25) is 48.8 Å². The van der Waals surface area contributed by atoms with Crippen molar-refractivity contribution >= 4 is 21.4 Å². The number of fused-ring (bicyclic) bond motifs is 1. The smallest absolute Gasteiger partial charge is 0.295 e. The maximum absolute atomic E-state index is 4.62. The number of hydrogen-bond acceptors (Lipinski definition) is 5. The molecule has 0 aliphatic rings. The Hall–Kier alpha value is -4.40. The molecule has 5 aromatic heterocycles. The van der Waals surface area contributed by atoms with Crippen LogP contribution < -0.4 is 0 Å². The van der Waals surface area contributed by atoms with Crippen LogP contribution in [-0.2, 0) is 42.1 Å². The van der Waals surface area contributed by atoms with Crippen molar-refractivity contribution in [2.75, 3.05) is 0 Å². The van der Waals surface area contributed by atoms with E-state index < -0.39 is 0 Å². The molecule has 0 aliphatic carbocycles. The molecule has 0 atom stereocenters. The summed E-state index contributed by atoms with van der Waals surface area (Å²) >= 11 is 1.70. The standard InChI is InChI=1S/2C16H11N2.C8H4S.2Pt/c1-3-10-17-15(8-1)13-6-5-7-14(12-13)16-9-2-4-11-18-16;1-2-7-13(8-3-1)14-10-6-11-16(18-14)15-9-4-5-12-17-15;1-2-4-8-7(3-1)5-6-9-8;;/h1-11H;1-7,9-12H;1-2,4,6H;;/q2*-1;-2;2*+2. The van der Waals surface area contributed by atoms with E-state index in [0.717, 1.165) is 50.5 Å². The molecule has 0 spiro atoms. The van der Waals surface area contributed by atoms with E-state index in [0.29, 0.717) is 0 Å². The van der Waals surface area contributed by atoms with Crippen molar-refractivity contribution in [3.05, 3.63) is 182 Å². The van der Waals surface area contributed by atoms with E-state index in [2.05, 4.69) is 50.3 Å². The first kappa shape index (κ1) is 35.5. The number of nitrogens with zero attached hydrogens (tertiary/aromatic N) is 4. The molecule has 232 valence electrons. The topological polar surface area (TPSA) is 51.6 Å². The number of thiophene rings is 1. The molecule has 0 unspecified atom stereocenters. The minimum absolute atomic E-state index is 0. The number of aromatic nitrogens is 4. The molecule has 3 aromatic carbocycles. The fourth-order valence-corrected chi connectivity index (χ4v) is 5.09. The van der Waals surface area contributed by atoms with E-state index >= 15 is 0 Å². The first-order valence-electron chi connectivity index (χ1n) is 14.3. The molecule has 8 rings (SSSR count). The second-order valence-electron chi connectivity index (χ2n) is 9.60. The molecular weight excluding hydrogens is 959 g/mol. The van der Waals surface area contributed by atoms with Crippen molar-refractivity contribution in [2.24, 2.45) is 0 Å². The van der Waals surface area contributed by atoms with Crippen LogP contribution in [0.1, 0.15) is 0 Å². The number of rotatable bonds is 4. The van der Waals surface area contributed by atoms with Gasteiger partial charge >= 0.3 is 42.1 Å². The predicted octanol–water partition coefficient (Wildman–Crippen LogP) is 9.72. The zero-order valence-electron chi connectivity index (χ0n) is 24.8. The molecule has 4 nitrogen and oxygen atoms in total. The summed E-state index contributed by atoms with van der Waals surface area (Å²) in [6, 6.07) is 56.0. The molecule has 47 heavy (non-hydrogen) atoms. The molecule has 5 heterocycles. The fourth-order valence-electron chi connectivity index (χ4n) is 4.39. The zero-order chi connectivity index (χ0) is 30.5. The number of pyridine rings is 4. The second kappa shape index (κ2) is 18.7. The van der Waals surface area contributed by atoms with Crippen molar-refractivity contribution in [3.8, 4) is 45.2 Å². The number of hydrogen-bond donors (Lipinski definition) is 0. The van der Waals surface area contributed by atoms with Crippen LogP contribution in [0.4, 0.5) is 0 Å². The van der Waals surface area contributed by atoms with Crippen LogP contribution in [0.3, 0.4) is 0 Å². The summed E-state index contributed by atoms with van der Waals surface area (Å²) in [5, 5.41) is 3.06. The third-order valence-electron chi connectivity index (χ3n) is 6.55. The molecule has 0 bridgehead atoms. The van der Waals surface area contributed by atoms with Crippen molar-refractivity contribution < 1.29 is 42.1 Å². The van der Waals surface area contributed by atoms with E-state index in [1.54, 1.807) is 29.9 Å². The van der Waals surface area contributed by atoms with E-state index in [-0.39, 0.29) is 42.1 Å². The van der Waals surface area contributed by atoms with Gasteiger partial charge in [0.05, 0.1) is 11.4 Å². The Bertz CT molecular complexity index is 1800. The molecule has 0 saturated carbocycles. The van der Waals surface area contributed by atoms with Gasteiger partial charge in [0.15, 0.2) is 0 Å². The van der Waals surface area contributed by atoms with E-state index in [9.17, 15) is 0 Å². The Labute approximate surface area is 308 Å². The van der Waals surface area contributed by atoms with E-state index in [1.807, 2.05) is 133 Å². The Morgan fingerprint density at radius 2 is 0.979 bits per heavy atom. The van der Waals surface area contributed by atoms with E-state index in [4.69, 9.17) is 0 Å². The minimum Gasteiger partial charge on any atom is -0.295 e. The summed E-state index contributed by atoms with van der Waals surface area (Å²) in [4.78, 5) is 17.6. The summed E-state index contributed by atoms with van der Waals surface area (Å²) in [7, 11) is 0. The third kappa shape index (κ3) is 10.0. The van der Waals surface area contributed by atoms with Crippen LogP contribution in [0, 0.1) is 24.3 Å². The maximum atomic E-state index is 4.62. The van der Waals surface area contributed by atoms with Gasteiger partial charge in [-0.25, -0.2) is 18.2 Å². The van der Waals surface area contributed by atoms with Gasteiger partial charge in [0.25, 0.3) is 0 Å². The monoisotopic (exact) mass is 984 g/mol. The first-order chi connectivity index (χ1) is 22.3. The van der Waals surface area contributed by atoms with Crippen molar-refractivity contribution in [2.45, 2.75) is 0 Å². The van der Waals surface area contributed by atoms with Gasteiger partial charge in [-0.2, -0.15) is 4.70 Å². The summed E-state index contributed by atoms with van der Waals surface area (Å²) in [6.45, 7) is 0. The summed E-state index contributed by atoms with van der Waals surface area (Å²) in [5.74, 6) is 0. The molecule has 0 aliphatic heterocycles. The normalized spacial score (nSPS) is 9.79. The third-order valence-corrected chi connectivity index (χ3v) is 7.38. The first-order valence-corrected chi connectivity index (χ1v) is 15.2. The number of benzene rings is 3. The average molecular weight is 985 g/mol. The second-order valence-corrected chi connectivity index (χ2v) is 10.5.